The van der Waals surface area contributed by atoms with E-state index >= 15 is 0 Å². The SMILES string of the molecule is Cl.NCC1CCCN1S(=O)(=O)c1ccc2c(c1)C(=O)NCC2. The highest BCUT2D eigenvalue weighted by Gasteiger charge is 2.35. The highest BCUT2D eigenvalue weighted by molar-refractivity contribution is 7.89. The van der Waals surface area contributed by atoms with Gasteiger partial charge in [0.1, 0.15) is 0 Å². The summed E-state index contributed by atoms with van der Waals surface area (Å²) in [6.07, 6.45) is 2.35. The van der Waals surface area contributed by atoms with E-state index in [1.807, 2.05) is 0 Å². The molecule has 1 unspecified atom stereocenters. The number of hydrogen-bond donors (Lipinski definition) is 2. The van der Waals surface area contributed by atoms with Gasteiger partial charge in [0.05, 0.1) is 4.90 Å². The zero-order valence-electron chi connectivity index (χ0n) is 12.1. The quantitative estimate of drug-likeness (QED) is 0.834. The van der Waals surface area contributed by atoms with Gasteiger partial charge in [0.15, 0.2) is 0 Å². The summed E-state index contributed by atoms with van der Waals surface area (Å²) in [7, 11) is -3.58. The molecule has 1 atom stereocenters. The van der Waals surface area contributed by atoms with Gasteiger partial charge in [-0.15, -0.1) is 12.4 Å². The fourth-order valence-electron chi connectivity index (χ4n) is 3.05. The van der Waals surface area contributed by atoms with Crippen molar-refractivity contribution in [2.45, 2.75) is 30.2 Å². The first-order valence-electron chi connectivity index (χ1n) is 7.17. The van der Waals surface area contributed by atoms with Crippen LogP contribution in [0.4, 0.5) is 0 Å². The van der Waals surface area contributed by atoms with Crippen molar-refractivity contribution < 1.29 is 13.2 Å². The van der Waals surface area contributed by atoms with E-state index in [2.05, 4.69) is 5.32 Å². The molecule has 3 N–H and O–H groups in total. The van der Waals surface area contributed by atoms with Gasteiger partial charge >= 0.3 is 0 Å². The maximum atomic E-state index is 12.7. The molecule has 0 bridgehead atoms. The first-order valence-corrected chi connectivity index (χ1v) is 8.61. The zero-order valence-corrected chi connectivity index (χ0v) is 13.8. The predicted octanol–water partition coefficient (Wildman–Crippen LogP) is 0.506. The summed E-state index contributed by atoms with van der Waals surface area (Å²) in [5.41, 5.74) is 7.02. The monoisotopic (exact) mass is 345 g/mol. The Bertz CT molecular complexity index is 678. The van der Waals surface area contributed by atoms with E-state index in [9.17, 15) is 13.2 Å². The molecule has 1 aromatic rings. The Morgan fingerprint density at radius 2 is 2.14 bits per heavy atom. The Kier molecular flexibility index (Phi) is 5.11. The number of sulfonamides is 1. The van der Waals surface area contributed by atoms with Crippen LogP contribution >= 0.6 is 12.4 Å². The molecule has 1 aromatic carbocycles. The summed E-state index contributed by atoms with van der Waals surface area (Å²) in [6.45, 7) is 1.41. The van der Waals surface area contributed by atoms with Crippen molar-refractivity contribution in [3.63, 3.8) is 0 Å². The maximum absolute atomic E-state index is 12.7. The van der Waals surface area contributed by atoms with Gasteiger partial charge < -0.3 is 11.1 Å². The number of nitrogens with two attached hydrogens (primary N) is 1. The van der Waals surface area contributed by atoms with Crippen molar-refractivity contribution in [2.24, 2.45) is 5.73 Å². The van der Waals surface area contributed by atoms with E-state index < -0.39 is 10.0 Å². The van der Waals surface area contributed by atoms with E-state index in [1.54, 1.807) is 12.1 Å². The topological polar surface area (TPSA) is 92.5 Å². The Labute approximate surface area is 136 Å². The van der Waals surface area contributed by atoms with Crippen LogP contribution in [-0.2, 0) is 16.4 Å². The second kappa shape index (κ2) is 6.54. The number of rotatable bonds is 3. The molecule has 2 aliphatic rings. The third-order valence-electron chi connectivity index (χ3n) is 4.21. The molecule has 22 heavy (non-hydrogen) atoms. The summed E-state index contributed by atoms with van der Waals surface area (Å²) in [6, 6.07) is 4.69. The van der Waals surface area contributed by atoms with Crippen LogP contribution in [0, 0.1) is 0 Å². The lowest BCUT2D eigenvalue weighted by Gasteiger charge is -2.24. The van der Waals surface area contributed by atoms with E-state index in [0.717, 1.165) is 24.8 Å². The first-order chi connectivity index (χ1) is 10.0. The molecule has 1 amide bonds. The average molecular weight is 346 g/mol. The number of carbonyl (C=O) groups is 1. The van der Waals surface area contributed by atoms with Crippen molar-refractivity contribution in [1.29, 1.82) is 0 Å². The summed E-state index contributed by atoms with van der Waals surface area (Å²) < 4.78 is 26.9. The first kappa shape index (κ1) is 17.2. The molecule has 8 heteroatoms. The number of carbonyl (C=O) groups excluding carboxylic acids is 1. The number of hydrogen-bond acceptors (Lipinski definition) is 4. The average Bonchev–Trinajstić information content (AvgIpc) is 2.96. The van der Waals surface area contributed by atoms with Gasteiger partial charge in [-0.05, 0) is 37.0 Å². The fraction of sp³-hybridized carbons (Fsp3) is 0.500. The highest BCUT2D eigenvalue weighted by atomic mass is 35.5. The lowest BCUT2D eigenvalue weighted by molar-refractivity contribution is 0.0945. The van der Waals surface area contributed by atoms with Crippen LogP contribution in [0.2, 0.25) is 0 Å². The Hall–Kier alpha value is -1.15. The minimum Gasteiger partial charge on any atom is -0.352 e. The van der Waals surface area contributed by atoms with Crippen LogP contribution in [0.15, 0.2) is 23.1 Å². The summed E-state index contributed by atoms with van der Waals surface area (Å²) in [4.78, 5) is 12.0. The molecule has 0 aliphatic carbocycles. The number of nitrogens with one attached hydrogen (secondary N) is 1. The predicted molar refractivity (Wildman–Crippen MR) is 85.7 cm³/mol. The number of amides is 1. The smallest absolute Gasteiger partial charge is 0.251 e. The lowest BCUT2D eigenvalue weighted by atomic mass is 10.0. The number of benzene rings is 1. The van der Waals surface area contributed by atoms with Gasteiger partial charge in [0, 0.05) is 31.2 Å². The van der Waals surface area contributed by atoms with Crippen molar-refractivity contribution in [3.8, 4) is 0 Å². The van der Waals surface area contributed by atoms with Gasteiger partial charge in [-0.25, -0.2) is 8.42 Å². The zero-order chi connectivity index (χ0) is 15.0. The van der Waals surface area contributed by atoms with Crippen molar-refractivity contribution in [3.05, 3.63) is 29.3 Å². The van der Waals surface area contributed by atoms with Crippen molar-refractivity contribution in [1.82, 2.24) is 9.62 Å². The number of fused-ring (bicyclic) bond motifs is 1. The lowest BCUT2D eigenvalue weighted by Crippen LogP contribution is -2.40. The molecular formula is C14H20ClN3O3S. The van der Waals surface area contributed by atoms with E-state index in [1.165, 1.54) is 10.4 Å². The van der Waals surface area contributed by atoms with E-state index in [0.29, 0.717) is 25.2 Å². The minimum absolute atomic E-state index is 0. The molecule has 0 spiro atoms. The molecule has 2 aliphatic heterocycles. The van der Waals surface area contributed by atoms with E-state index in [4.69, 9.17) is 5.73 Å². The van der Waals surface area contributed by atoms with Crippen molar-refractivity contribution >= 4 is 28.3 Å². The number of halogens is 1. The third kappa shape index (κ3) is 2.86. The van der Waals surface area contributed by atoms with Gasteiger partial charge in [-0.3, -0.25) is 4.79 Å². The van der Waals surface area contributed by atoms with Crippen LogP contribution in [0.1, 0.15) is 28.8 Å². The summed E-state index contributed by atoms with van der Waals surface area (Å²) >= 11 is 0. The molecule has 0 saturated carbocycles. The van der Waals surface area contributed by atoms with Crippen LogP contribution in [0.3, 0.4) is 0 Å². The van der Waals surface area contributed by atoms with Crippen molar-refractivity contribution in [2.75, 3.05) is 19.6 Å². The van der Waals surface area contributed by atoms with Crippen LogP contribution in [0.5, 0.6) is 0 Å². The van der Waals surface area contributed by atoms with E-state index in [-0.39, 0.29) is 29.3 Å². The molecule has 3 rings (SSSR count). The second-order valence-electron chi connectivity index (χ2n) is 5.47. The van der Waals surface area contributed by atoms with Crippen LogP contribution in [0.25, 0.3) is 0 Å². The van der Waals surface area contributed by atoms with Gasteiger partial charge in [-0.2, -0.15) is 4.31 Å². The molecule has 1 saturated heterocycles. The standard InChI is InChI=1S/C14H19N3O3S.ClH/c15-9-11-2-1-7-17(11)21(19,20)12-4-3-10-5-6-16-14(18)13(10)8-12;/h3-4,8,11H,1-2,5-7,9,15H2,(H,16,18);1H. The van der Waals surface area contributed by atoms with Gasteiger partial charge in [0.25, 0.3) is 5.91 Å². The number of nitrogens with zero attached hydrogens (tertiary/aromatic N) is 1. The maximum Gasteiger partial charge on any atom is 0.251 e. The highest BCUT2D eigenvalue weighted by Crippen LogP contribution is 2.27. The minimum atomic E-state index is -3.58. The fourth-order valence-corrected chi connectivity index (χ4v) is 4.78. The molecule has 0 radical (unpaired) electrons. The molecule has 0 aromatic heterocycles. The normalized spacial score (nSPS) is 21.9. The molecule has 1 fully saturated rings. The Balaban J connectivity index is 0.00000176. The van der Waals surface area contributed by atoms with Gasteiger partial charge in [-0.1, -0.05) is 6.07 Å². The third-order valence-corrected chi connectivity index (χ3v) is 6.16. The molecule has 2 heterocycles. The Morgan fingerprint density at radius 1 is 1.36 bits per heavy atom. The summed E-state index contributed by atoms with van der Waals surface area (Å²) in [5, 5.41) is 2.74. The van der Waals surface area contributed by atoms with Crippen LogP contribution < -0.4 is 11.1 Å². The molecular weight excluding hydrogens is 326 g/mol. The Morgan fingerprint density at radius 3 is 2.86 bits per heavy atom. The largest absolute Gasteiger partial charge is 0.352 e. The molecule has 6 nitrogen and oxygen atoms in total. The van der Waals surface area contributed by atoms with Crippen LogP contribution in [-0.4, -0.2) is 44.3 Å². The second-order valence-corrected chi connectivity index (χ2v) is 7.36. The molecule has 122 valence electrons. The van der Waals surface area contributed by atoms with Gasteiger partial charge in [0.2, 0.25) is 10.0 Å². The summed E-state index contributed by atoms with van der Waals surface area (Å²) in [5.74, 6) is -0.204.